The maximum absolute atomic E-state index is 14.0. The van der Waals surface area contributed by atoms with Crippen LogP contribution < -0.4 is 19.1 Å². The quantitative estimate of drug-likeness (QED) is 0.377. The van der Waals surface area contributed by atoms with Crippen LogP contribution in [0, 0.1) is 0 Å². The molecular formula is C28H30ClN3O6S. The predicted molar refractivity (Wildman–Crippen MR) is 149 cm³/mol. The second kappa shape index (κ2) is 12.4. The van der Waals surface area contributed by atoms with Gasteiger partial charge in [-0.05, 0) is 42.3 Å². The molecule has 1 aliphatic rings. The molecule has 0 aromatic heterocycles. The topological polar surface area (TPSA) is 105 Å². The van der Waals surface area contributed by atoms with Crippen molar-refractivity contribution in [3.05, 3.63) is 88.9 Å². The largest absolute Gasteiger partial charge is 0.454 e. The van der Waals surface area contributed by atoms with E-state index in [4.69, 9.17) is 21.1 Å². The lowest BCUT2D eigenvalue weighted by atomic mass is 10.0. The van der Waals surface area contributed by atoms with Crippen LogP contribution in [-0.2, 0) is 32.6 Å². The molecule has 0 aliphatic carbocycles. The second-order valence-corrected chi connectivity index (χ2v) is 11.5. The van der Waals surface area contributed by atoms with Crippen molar-refractivity contribution in [1.82, 2.24) is 10.2 Å². The number of rotatable bonds is 11. The number of anilines is 1. The Bertz CT molecular complexity index is 1420. The number of ether oxygens (including phenoxy) is 2. The Morgan fingerprint density at radius 3 is 2.33 bits per heavy atom. The van der Waals surface area contributed by atoms with E-state index < -0.39 is 28.5 Å². The van der Waals surface area contributed by atoms with Crippen LogP contribution in [-0.4, -0.2) is 57.3 Å². The zero-order chi connectivity index (χ0) is 28.0. The molecule has 1 heterocycles. The number of fused-ring (bicyclic) bond motifs is 1. The van der Waals surface area contributed by atoms with Crippen molar-refractivity contribution in [2.24, 2.45) is 0 Å². The van der Waals surface area contributed by atoms with Gasteiger partial charge in [-0.3, -0.25) is 13.9 Å². The summed E-state index contributed by atoms with van der Waals surface area (Å²) in [5.74, 6) is -0.250. The molecule has 1 N–H and O–H groups in total. The van der Waals surface area contributed by atoms with E-state index in [1.165, 1.54) is 24.9 Å². The first kappa shape index (κ1) is 28.3. The minimum absolute atomic E-state index is 0.0282. The number of hydrogen-bond acceptors (Lipinski definition) is 6. The van der Waals surface area contributed by atoms with E-state index in [9.17, 15) is 18.0 Å². The molecule has 3 aromatic carbocycles. The number of likely N-dealkylation sites (N-methyl/N-ethyl adjacent to an activating group) is 1. The summed E-state index contributed by atoms with van der Waals surface area (Å²) in [7, 11) is -2.37. The zero-order valence-electron chi connectivity index (χ0n) is 21.7. The highest BCUT2D eigenvalue weighted by molar-refractivity contribution is 7.92. The molecule has 9 nitrogen and oxygen atoms in total. The number of hydrogen-bond donors (Lipinski definition) is 1. The first-order chi connectivity index (χ1) is 18.7. The normalized spacial score (nSPS) is 13.0. The van der Waals surface area contributed by atoms with Gasteiger partial charge in [0.25, 0.3) is 0 Å². The third-order valence-electron chi connectivity index (χ3n) is 6.41. The number of nitrogens with zero attached hydrogens (tertiary/aromatic N) is 2. The fraction of sp³-hybridized carbons (Fsp3) is 0.286. The van der Waals surface area contributed by atoms with Gasteiger partial charge in [0.05, 0.1) is 11.4 Å². The molecule has 1 aliphatic heterocycles. The average molecular weight is 572 g/mol. The molecule has 0 radical (unpaired) electrons. The van der Waals surface area contributed by atoms with Crippen LogP contribution in [0.15, 0.2) is 72.8 Å². The summed E-state index contributed by atoms with van der Waals surface area (Å²) in [4.78, 5) is 28.6. The molecule has 39 heavy (non-hydrogen) atoms. The van der Waals surface area contributed by atoms with E-state index >= 15 is 0 Å². The highest BCUT2D eigenvalue weighted by Crippen LogP contribution is 2.36. The van der Waals surface area contributed by atoms with Crippen molar-refractivity contribution in [2.75, 3.05) is 30.4 Å². The molecule has 3 aromatic rings. The number of benzene rings is 3. The summed E-state index contributed by atoms with van der Waals surface area (Å²) >= 11 is 6.06. The van der Waals surface area contributed by atoms with Gasteiger partial charge in [-0.15, -0.1) is 0 Å². The molecule has 206 valence electrons. The van der Waals surface area contributed by atoms with Crippen molar-refractivity contribution < 1.29 is 27.5 Å². The summed E-state index contributed by atoms with van der Waals surface area (Å²) in [5, 5.41) is 3.19. The SMILES string of the molecule is CCS(=O)(=O)N(CC(=O)N(Cc1ccc(Cl)cc1)C(Cc1ccccc1)C(=O)NC)c1ccc2c(c1)OCO2. The van der Waals surface area contributed by atoms with E-state index in [2.05, 4.69) is 5.32 Å². The lowest BCUT2D eigenvalue weighted by Gasteiger charge is -2.33. The highest BCUT2D eigenvalue weighted by atomic mass is 35.5. The molecule has 0 bridgehead atoms. The van der Waals surface area contributed by atoms with E-state index in [1.807, 2.05) is 30.3 Å². The summed E-state index contributed by atoms with van der Waals surface area (Å²) in [5.41, 5.74) is 1.86. The number of amides is 2. The van der Waals surface area contributed by atoms with Crippen molar-refractivity contribution in [3.8, 4) is 11.5 Å². The van der Waals surface area contributed by atoms with E-state index in [0.29, 0.717) is 16.5 Å². The first-order valence-corrected chi connectivity index (χ1v) is 14.4. The summed E-state index contributed by atoms with van der Waals surface area (Å²) in [6.07, 6.45) is 0.240. The fourth-order valence-electron chi connectivity index (χ4n) is 4.27. The Morgan fingerprint density at radius 2 is 1.67 bits per heavy atom. The number of sulfonamides is 1. The number of carbonyl (C=O) groups is 2. The Labute approximate surface area is 233 Å². The van der Waals surface area contributed by atoms with Crippen molar-refractivity contribution in [2.45, 2.75) is 25.9 Å². The minimum atomic E-state index is -3.88. The van der Waals surface area contributed by atoms with Gasteiger partial charge < -0.3 is 19.7 Å². The number of halogens is 1. The summed E-state index contributed by atoms with van der Waals surface area (Å²) in [6, 6.07) is 20.1. The molecular weight excluding hydrogens is 542 g/mol. The maximum Gasteiger partial charge on any atom is 0.244 e. The molecule has 0 saturated carbocycles. The lowest BCUT2D eigenvalue weighted by molar-refractivity contribution is -0.139. The lowest BCUT2D eigenvalue weighted by Crippen LogP contribution is -2.53. The Kier molecular flexibility index (Phi) is 8.98. The van der Waals surface area contributed by atoms with E-state index in [-0.39, 0.29) is 37.1 Å². The van der Waals surface area contributed by atoms with Gasteiger partial charge in [-0.1, -0.05) is 54.1 Å². The second-order valence-electron chi connectivity index (χ2n) is 8.91. The summed E-state index contributed by atoms with van der Waals surface area (Å²) < 4.78 is 38.2. The van der Waals surface area contributed by atoms with E-state index in [1.54, 1.807) is 36.4 Å². The smallest absolute Gasteiger partial charge is 0.244 e. The zero-order valence-corrected chi connectivity index (χ0v) is 23.2. The Morgan fingerprint density at radius 1 is 0.974 bits per heavy atom. The summed E-state index contributed by atoms with van der Waals surface area (Å²) in [6.45, 7) is 1.10. The maximum atomic E-state index is 14.0. The third kappa shape index (κ3) is 6.82. The van der Waals surface area contributed by atoms with Gasteiger partial charge in [-0.25, -0.2) is 8.42 Å². The molecule has 0 saturated heterocycles. The molecule has 4 rings (SSSR count). The van der Waals surface area contributed by atoms with Crippen molar-refractivity contribution in [3.63, 3.8) is 0 Å². The van der Waals surface area contributed by atoms with Gasteiger partial charge >= 0.3 is 0 Å². The van der Waals surface area contributed by atoms with Crippen molar-refractivity contribution in [1.29, 1.82) is 0 Å². The van der Waals surface area contributed by atoms with Crippen LogP contribution in [0.4, 0.5) is 5.69 Å². The van der Waals surface area contributed by atoms with Crippen molar-refractivity contribution >= 4 is 39.1 Å². The molecule has 1 atom stereocenters. The Balaban J connectivity index is 1.72. The minimum Gasteiger partial charge on any atom is -0.454 e. The monoisotopic (exact) mass is 571 g/mol. The third-order valence-corrected chi connectivity index (χ3v) is 8.40. The number of carbonyl (C=O) groups excluding carboxylic acids is 2. The predicted octanol–water partition coefficient (Wildman–Crippen LogP) is 3.61. The van der Waals surface area contributed by atoms with Crippen LogP contribution in [0.2, 0.25) is 5.02 Å². The van der Waals surface area contributed by atoms with Gasteiger partial charge in [0.1, 0.15) is 12.6 Å². The molecule has 1 unspecified atom stereocenters. The molecule has 11 heteroatoms. The average Bonchev–Trinajstić information content (AvgIpc) is 3.42. The van der Waals surface area contributed by atoms with E-state index in [0.717, 1.165) is 15.4 Å². The Hall–Kier alpha value is -3.76. The highest BCUT2D eigenvalue weighted by Gasteiger charge is 2.33. The van der Waals surface area contributed by atoms with Gasteiger partial charge in [0, 0.05) is 31.1 Å². The molecule has 0 fully saturated rings. The van der Waals surface area contributed by atoms with Crippen LogP contribution >= 0.6 is 11.6 Å². The van der Waals surface area contributed by atoms with Crippen LogP contribution in [0.1, 0.15) is 18.1 Å². The van der Waals surface area contributed by atoms with Crippen LogP contribution in [0.25, 0.3) is 0 Å². The fourth-order valence-corrected chi connectivity index (χ4v) is 5.45. The number of nitrogens with one attached hydrogen (secondary N) is 1. The molecule has 2 amide bonds. The van der Waals surface area contributed by atoms with Gasteiger partial charge in [0.15, 0.2) is 11.5 Å². The van der Waals surface area contributed by atoms with Gasteiger partial charge in [-0.2, -0.15) is 0 Å². The van der Waals surface area contributed by atoms with Gasteiger partial charge in [0.2, 0.25) is 28.6 Å². The first-order valence-electron chi connectivity index (χ1n) is 12.4. The van der Waals surface area contributed by atoms with Crippen LogP contribution in [0.3, 0.4) is 0 Å². The molecule has 0 spiro atoms. The standard InChI is InChI=1S/C28H30ClN3O6S/c1-3-39(35,36)32(23-13-14-25-26(16-23)38-19-37-25)18-27(33)31(17-21-9-11-22(29)12-10-21)24(28(34)30-2)15-20-7-5-4-6-8-20/h4-14,16,24H,3,15,17-19H2,1-2H3,(H,30,34). The van der Waals surface area contributed by atoms with Crippen LogP contribution in [0.5, 0.6) is 11.5 Å².